The minimum atomic E-state index is -3.40. The third-order valence-electron chi connectivity index (χ3n) is 8.26. The third kappa shape index (κ3) is 7.79. The summed E-state index contributed by atoms with van der Waals surface area (Å²) in [6.45, 7) is 0.0739. The largest absolute Gasteiger partial charge is 0.479 e. The molecule has 0 saturated carbocycles. The predicted octanol–water partition coefficient (Wildman–Crippen LogP) is 1.36. The Morgan fingerprint density at radius 3 is 2.21 bits per heavy atom. The third-order valence-corrected chi connectivity index (χ3v) is 8.93. The standard InChI is InChI=1S/C32H35FN2O11S/c1-47(43,44)34-16-17-2-10-21(11-3-17)35-25(23(30(35)40)14-15-24(36)18-4-8-20(33)9-5-18)19-6-12-22(13-7-19)45-32-28(39)26(37)27(38)29(46-32)31(41)42/h2-13,23-29,32,34,36-39H,14-16H2,1H3,(H,41,42)/t23-,24+,25-,26+,27+,28-,29+,32-/m1/s1. The molecular weight excluding hydrogens is 639 g/mol. The molecule has 15 heteroatoms. The van der Waals surface area contributed by atoms with Gasteiger partial charge in [0, 0.05) is 12.2 Å². The zero-order valence-corrected chi connectivity index (χ0v) is 25.9. The predicted molar refractivity (Wildman–Crippen MR) is 164 cm³/mol. The van der Waals surface area contributed by atoms with Gasteiger partial charge in [-0.3, -0.25) is 4.79 Å². The number of benzene rings is 3. The Morgan fingerprint density at radius 1 is 0.979 bits per heavy atom. The first-order valence-corrected chi connectivity index (χ1v) is 16.6. The average molecular weight is 675 g/mol. The number of halogens is 1. The molecule has 0 spiro atoms. The van der Waals surface area contributed by atoms with E-state index < -0.39 is 70.6 Å². The summed E-state index contributed by atoms with van der Waals surface area (Å²) in [5.74, 6) is -2.57. The van der Waals surface area contributed by atoms with Crippen LogP contribution in [-0.4, -0.2) is 82.8 Å². The van der Waals surface area contributed by atoms with E-state index in [-0.39, 0.29) is 24.6 Å². The number of β-lactam (4-membered cyclic amide) rings is 1. The topological polar surface area (TPSA) is 203 Å². The van der Waals surface area contributed by atoms with Crippen molar-refractivity contribution in [1.82, 2.24) is 4.72 Å². The number of anilines is 1. The molecule has 0 unspecified atom stereocenters. The lowest BCUT2D eigenvalue weighted by atomic mass is 9.78. The van der Waals surface area contributed by atoms with Gasteiger partial charge in [0.2, 0.25) is 22.2 Å². The summed E-state index contributed by atoms with van der Waals surface area (Å²) in [7, 11) is -3.40. The highest BCUT2D eigenvalue weighted by Crippen LogP contribution is 2.46. The molecule has 2 heterocycles. The highest BCUT2D eigenvalue weighted by Gasteiger charge is 2.49. The number of carbonyl (C=O) groups excluding carboxylic acids is 1. The van der Waals surface area contributed by atoms with Crippen LogP contribution in [0, 0.1) is 11.7 Å². The number of carboxylic acid groups (broad SMARTS) is 1. The molecule has 0 aliphatic carbocycles. The number of carbonyl (C=O) groups is 2. The molecule has 5 rings (SSSR count). The van der Waals surface area contributed by atoms with E-state index >= 15 is 0 Å². The van der Waals surface area contributed by atoms with Crippen LogP contribution in [0.3, 0.4) is 0 Å². The molecule has 2 aliphatic heterocycles. The van der Waals surface area contributed by atoms with Gasteiger partial charge in [0.05, 0.1) is 24.3 Å². The van der Waals surface area contributed by atoms with Gasteiger partial charge in [0.25, 0.3) is 0 Å². The highest BCUT2D eigenvalue weighted by atomic mass is 32.2. The fourth-order valence-corrected chi connectivity index (χ4v) is 6.13. The second-order valence-electron chi connectivity index (χ2n) is 11.6. The number of ether oxygens (including phenoxy) is 2. The van der Waals surface area contributed by atoms with Gasteiger partial charge in [-0.2, -0.15) is 0 Å². The van der Waals surface area contributed by atoms with Crippen molar-refractivity contribution in [3.05, 3.63) is 95.3 Å². The fourth-order valence-electron chi connectivity index (χ4n) is 5.70. The monoisotopic (exact) mass is 674 g/mol. The normalized spacial score (nSPS) is 26.8. The van der Waals surface area contributed by atoms with Gasteiger partial charge in [-0.1, -0.05) is 36.4 Å². The number of hydrogen-bond acceptors (Lipinski definition) is 10. The maximum Gasteiger partial charge on any atom is 0.335 e. The number of amides is 1. The molecule has 0 radical (unpaired) electrons. The summed E-state index contributed by atoms with van der Waals surface area (Å²) in [4.78, 5) is 26.6. The molecule has 47 heavy (non-hydrogen) atoms. The zero-order valence-electron chi connectivity index (χ0n) is 25.1. The Hall–Kier alpha value is -3.96. The number of aliphatic hydroxyl groups is 4. The number of sulfonamides is 1. The maximum atomic E-state index is 13.5. The lowest BCUT2D eigenvalue weighted by Crippen LogP contribution is -2.61. The van der Waals surface area contributed by atoms with E-state index in [1.54, 1.807) is 41.3 Å². The second kappa shape index (κ2) is 14.0. The van der Waals surface area contributed by atoms with Crippen LogP contribution in [0.2, 0.25) is 0 Å². The number of aliphatic carboxylic acids is 1. The molecule has 3 aromatic carbocycles. The molecule has 8 atom stereocenters. The van der Waals surface area contributed by atoms with Crippen LogP contribution in [0.15, 0.2) is 72.8 Å². The van der Waals surface area contributed by atoms with Gasteiger partial charge >= 0.3 is 5.97 Å². The van der Waals surface area contributed by atoms with E-state index in [1.165, 1.54) is 36.4 Å². The minimum absolute atomic E-state index is 0.0739. The van der Waals surface area contributed by atoms with E-state index in [0.29, 0.717) is 28.8 Å². The van der Waals surface area contributed by atoms with Crippen molar-refractivity contribution in [2.45, 2.75) is 62.2 Å². The van der Waals surface area contributed by atoms with Gasteiger partial charge < -0.3 is 39.9 Å². The molecule has 6 N–H and O–H groups in total. The van der Waals surface area contributed by atoms with Crippen LogP contribution in [0.4, 0.5) is 10.1 Å². The smallest absolute Gasteiger partial charge is 0.335 e. The number of nitrogens with zero attached hydrogens (tertiary/aromatic N) is 1. The van der Waals surface area contributed by atoms with Crippen LogP contribution in [0.1, 0.15) is 41.7 Å². The first-order chi connectivity index (χ1) is 22.2. The van der Waals surface area contributed by atoms with E-state index in [4.69, 9.17) is 9.47 Å². The van der Waals surface area contributed by atoms with Crippen molar-refractivity contribution in [2.24, 2.45) is 5.92 Å². The molecule has 0 bridgehead atoms. The Kier molecular flexibility index (Phi) is 10.3. The zero-order chi connectivity index (χ0) is 34.0. The summed E-state index contributed by atoms with van der Waals surface area (Å²) in [6.07, 6.45) is -8.22. The molecule has 2 aliphatic rings. The number of aliphatic hydroxyl groups excluding tert-OH is 4. The van der Waals surface area contributed by atoms with Crippen LogP contribution in [-0.2, 0) is 30.9 Å². The highest BCUT2D eigenvalue weighted by molar-refractivity contribution is 7.88. The maximum absolute atomic E-state index is 13.5. The van der Waals surface area contributed by atoms with Gasteiger partial charge in [0.15, 0.2) is 6.10 Å². The summed E-state index contributed by atoms with van der Waals surface area (Å²) >= 11 is 0. The van der Waals surface area contributed by atoms with E-state index in [9.17, 15) is 47.9 Å². The van der Waals surface area contributed by atoms with Crippen LogP contribution < -0.4 is 14.4 Å². The summed E-state index contributed by atoms with van der Waals surface area (Å²) < 4.78 is 49.5. The van der Waals surface area contributed by atoms with Crippen molar-refractivity contribution in [2.75, 3.05) is 11.2 Å². The van der Waals surface area contributed by atoms with Crippen molar-refractivity contribution in [1.29, 1.82) is 0 Å². The summed E-state index contributed by atoms with van der Waals surface area (Å²) in [5.41, 5.74) is 2.44. The van der Waals surface area contributed by atoms with Gasteiger partial charge in [0.1, 0.15) is 29.9 Å². The molecule has 2 saturated heterocycles. The van der Waals surface area contributed by atoms with E-state index in [1.807, 2.05) is 0 Å². The SMILES string of the molecule is CS(=O)(=O)NCc1ccc(N2C(=O)[C@H](CC[C@H](O)c3ccc(F)cc3)[C@H]2c2ccc(O[C@@H]3O[C@H](C(=O)O)[C@@H](O)[C@H](O)[C@H]3O)cc2)cc1. The quantitative estimate of drug-likeness (QED) is 0.152. The molecule has 1 amide bonds. The fraction of sp³-hybridized carbons (Fsp3) is 0.375. The molecule has 3 aromatic rings. The summed E-state index contributed by atoms with van der Waals surface area (Å²) in [6, 6.07) is 18.2. The summed E-state index contributed by atoms with van der Waals surface area (Å²) in [5, 5.41) is 50.4. The lowest BCUT2D eigenvalue weighted by molar-refractivity contribution is -0.271. The number of hydrogen-bond donors (Lipinski definition) is 6. The lowest BCUT2D eigenvalue weighted by Gasteiger charge is -2.48. The minimum Gasteiger partial charge on any atom is -0.479 e. The van der Waals surface area contributed by atoms with Crippen molar-refractivity contribution in [3.8, 4) is 5.75 Å². The first kappa shape index (κ1) is 34.4. The van der Waals surface area contributed by atoms with Crippen molar-refractivity contribution < 1.29 is 57.4 Å². The van der Waals surface area contributed by atoms with Crippen LogP contribution >= 0.6 is 0 Å². The Balaban J connectivity index is 1.35. The molecule has 13 nitrogen and oxygen atoms in total. The first-order valence-electron chi connectivity index (χ1n) is 14.7. The average Bonchev–Trinajstić information content (AvgIpc) is 3.03. The number of carboxylic acids is 1. The van der Waals surface area contributed by atoms with Crippen LogP contribution in [0.25, 0.3) is 0 Å². The van der Waals surface area contributed by atoms with Gasteiger partial charge in [-0.05, 0) is 65.9 Å². The van der Waals surface area contributed by atoms with Gasteiger partial charge in [-0.15, -0.1) is 0 Å². The molecule has 0 aromatic heterocycles. The van der Waals surface area contributed by atoms with Crippen molar-refractivity contribution in [3.63, 3.8) is 0 Å². The number of nitrogens with one attached hydrogen (secondary N) is 1. The van der Waals surface area contributed by atoms with Crippen molar-refractivity contribution >= 4 is 27.6 Å². The Morgan fingerprint density at radius 2 is 1.62 bits per heavy atom. The van der Waals surface area contributed by atoms with E-state index in [2.05, 4.69) is 4.72 Å². The van der Waals surface area contributed by atoms with Crippen LogP contribution in [0.5, 0.6) is 5.75 Å². The Labute approximate surface area is 269 Å². The van der Waals surface area contributed by atoms with Gasteiger partial charge in [-0.25, -0.2) is 22.3 Å². The molecule has 252 valence electrons. The molecule has 2 fully saturated rings. The van der Waals surface area contributed by atoms with E-state index in [0.717, 1.165) is 6.26 Å². The molecular formula is C32H35FN2O11S. The number of rotatable bonds is 12. The second-order valence-corrected chi connectivity index (χ2v) is 13.4. The Bertz CT molecular complexity index is 1670.